The number of hydrogen-bond acceptors (Lipinski definition) is 4. The third-order valence-corrected chi connectivity index (χ3v) is 2.58. The van der Waals surface area contributed by atoms with E-state index in [4.69, 9.17) is 0 Å². The quantitative estimate of drug-likeness (QED) is 0.829. The summed E-state index contributed by atoms with van der Waals surface area (Å²) in [6.07, 6.45) is 3.82. The van der Waals surface area contributed by atoms with Gasteiger partial charge in [0.2, 0.25) is 0 Å². The van der Waals surface area contributed by atoms with E-state index in [9.17, 15) is 5.11 Å². The Balaban J connectivity index is 1.96. The molecule has 90 valence electrons. The van der Waals surface area contributed by atoms with Crippen molar-refractivity contribution in [3.8, 4) is 0 Å². The van der Waals surface area contributed by atoms with E-state index in [1.807, 2.05) is 25.1 Å². The standard InChI is InChI=1S/C12H16N4O/c1-2-16-12(14-9-15-16)8-11(17)7-10-5-3-4-6-13-10/h3-6,9,11,17H,2,7-8H2,1H3. The Morgan fingerprint density at radius 1 is 1.29 bits per heavy atom. The van der Waals surface area contributed by atoms with Crippen molar-refractivity contribution in [3.05, 3.63) is 42.2 Å². The van der Waals surface area contributed by atoms with Crippen LogP contribution >= 0.6 is 0 Å². The molecule has 0 aromatic carbocycles. The molecule has 1 atom stereocenters. The number of hydrogen-bond donors (Lipinski definition) is 1. The second kappa shape index (κ2) is 5.54. The molecule has 1 unspecified atom stereocenters. The van der Waals surface area contributed by atoms with Crippen LogP contribution in [0.25, 0.3) is 0 Å². The minimum Gasteiger partial charge on any atom is -0.392 e. The second-order valence-corrected chi connectivity index (χ2v) is 3.88. The lowest BCUT2D eigenvalue weighted by Gasteiger charge is -2.09. The molecule has 17 heavy (non-hydrogen) atoms. The molecule has 0 spiro atoms. The fourth-order valence-electron chi connectivity index (χ4n) is 1.75. The van der Waals surface area contributed by atoms with Gasteiger partial charge in [-0.15, -0.1) is 0 Å². The monoisotopic (exact) mass is 232 g/mol. The van der Waals surface area contributed by atoms with Crippen molar-refractivity contribution in [2.45, 2.75) is 32.4 Å². The topological polar surface area (TPSA) is 63.8 Å². The maximum Gasteiger partial charge on any atom is 0.138 e. The van der Waals surface area contributed by atoms with Crippen LogP contribution in [0, 0.1) is 0 Å². The first kappa shape index (κ1) is 11.7. The number of aryl methyl sites for hydroxylation is 1. The fraction of sp³-hybridized carbons (Fsp3) is 0.417. The molecule has 2 rings (SSSR count). The lowest BCUT2D eigenvalue weighted by atomic mass is 10.1. The lowest BCUT2D eigenvalue weighted by molar-refractivity contribution is 0.170. The van der Waals surface area contributed by atoms with E-state index in [1.165, 1.54) is 6.33 Å². The zero-order valence-electron chi connectivity index (χ0n) is 9.82. The van der Waals surface area contributed by atoms with Gasteiger partial charge in [0.05, 0.1) is 6.10 Å². The predicted molar refractivity (Wildman–Crippen MR) is 63.3 cm³/mol. The van der Waals surface area contributed by atoms with Crippen molar-refractivity contribution in [1.29, 1.82) is 0 Å². The van der Waals surface area contributed by atoms with Crippen molar-refractivity contribution in [3.63, 3.8) is 0 Å². The Hall–Kier alpha value is -1.75. The summed E-state index contributed by atoms with van der Waals surface area (Å²) in [4.78, 5) is 8.33. The van der Waals surface area contributed by atoms with E-state index in [1.54, 1.807) is 10.9 Å². The van der Waals surface area contributed by atoms with Gasteiger partial charge < -0.3 is 5.11 Å². The highest BCUT2D eigenvalue weighted by molar-refractivity contribution is 5.05. The normalized spacial score (nSPS) is 12.6. The highest BCUT2D eigenvalue weighted by Gasteiger charge is 2.11. The third-order valence-electron chi connectivity index (χ3n) is 2.58. The molecule has 5 nitrogen and oxygen atoms in total. The van der Waals surface area contributed by atoms with Crippen LogP contribution in [0.1, 0.15) is 18.4 Å². The first-order valence-corrected chi connectivity index (χ1v) is 5.74. The maximum absolute atomic E-state index is 9.97. The molecule has 0 saturated carbocycles. The predicted octanol–water partition coefficient (Wildman–Crippen LogP) is 0.839. The van der Waals surface area contributed by atoms with E-state index in [-0.39, 0.29) is 0 Å². The van der Waals surface area contributed by atoms with Gasteiger partial charge in [-0.25, -0.2) is 4.98 Å². The summed E-state index contributed by atoms with van der Waals surface area (Å²) in [6.45, 7) is 2.77. The zero-order valence-corrected chi connectivity index (χ0v) is 9.82. The molecular weight excluding hydrogens is 216 g/mol. The number of aromatic nitrogens is 4. The highest BCUT2D eigenvalue weighted by atomic mass is 16.3. The largest absolute Gasteiger partial charge is 0.392 e. The molecule has 0 saturated heterocycles. The van der Waals surface area contributed by atoms with Gasteiger partial charge in [-0.05, 0) is 19.1 Å². The van der Waals surface area contributed by atoms with Gasteiger partial charge in [-0.3, -0.25) is 9.67 Å². The van der Waals surface area contributed by atoms with E-state index in [2.05, 4.69) is 15.1 Å². The molecule has 2 aromatic heterocycles. The number of rotatable bonds is 5. The maximum atomic E-state index is 9.97. The molecule has 0 aliphatic heterocycles. The van der Waals surface area contributed by atoms with Gasteiger partial charge >= 0.3 is 0 Å². The van der Waals surface area contributed by atoms with Gasteiger partial charge in [0.15, 0.2) is 0 Å². The molecule has 0 fully saturated rings. The Bertz CT molecular complexity index is 455. The number of nitrogens with zero attached hydrogens (tertiary/aromatic N) is 4. The summed E-state index contributed by atoms with van der Waals surface area (Å²) in [6, 6.07) is 5.70. The zero-order chi connectivity index (χ0) is 12.1. The Morgan fingerprint density at radius 3 is 2.88 bits per heavy atom. The van der Waals surface area contributed by atoms with Crippen molar-refractivity contribution in [1.82, 2.24) is 19.7 Å². The van der Waals surface area contributed by atoms with Crippen LogP contribution in [0.4, 0.5) is 0 Å². The van der Waals surface area contributed by atoms with Crippen molar-refractivity contribution in [2.24, 2.45) is 0 Å². The summed E-state index contributed by atoms with van der Waals surface area (Å²) >= 11 is 0. The van der Waals surface area contributed by atoms with Gasteiger partial charge in [-0.2, -0.15) is 5.10 Å². The van der Waals surface area contributed by atoms with Gasteiger partial charge in [-0.1, -0.05) is 6.07 Å². The van der Waals surface area contributed by atoms with E-state index >= 15 is 0 Å². The average Bonchev–Trinajstić information content (AvgIpc) is 2.77. The average molecular weight is 232 g/mol. The highest BCUT2D eigenvalue weighted by Crippen LogP contribution is 2.05. The smallest absolute Gasteiger partial charge is 0.138 e. The van der Waals surface area contributed by atoms with Crippen molar-refractivity contribution in [2.75, 3.05) is 0 Å². The molecule has 0 bridgehead atoms. The molecule has 2 aromatic rings. The molecule has 0 radical (unpaired) electrons. The van der Waals surface area contributed by atoms with Crippen LogP contribution in [0.2, 0.25) is 0 Å². The first-order chi connectivity index (χ1) is 8.29. The van der Waals surface area contributed by atoms with Crippen molar-refractivity contribution < 1.29 is 5.11 Å². The Kier molecular flexibility index (Phi) is 3.82. The van der Waals surface area contributed by atoms with Crippen LogP contribution in [0.15, 0.2) is 30.7 Å². The first-order valence-electron chi connectivity index (χ1n) is 5.74. The van der Waals surface area contributed by atoms with E-state index in [0.717, 1.165) is 18.1 Å². The summed E-state index contributed by atoms with van der Waals surface area (Å²) in [5, 5.41) is 14.0. The lowest BCUT2D eigenvalue weighted by Crippen LogP contribution is -2.18. The van der Waals surface area contributed by atoms with Gasteiger partial charge in [0, 0.05) is 31.3 Å². The molecule has 0 aliphatic carbocycles. The van der Waals surface area contributed by atoms with Crippen LogP contribution in [0.5, 0.6) is 0 Å². The summed E-state index contributed by atoms with van der Waals surface area (Å²) in [5.74, 6) is 0.816. The van der Waals surface area contributed by atoms with Crippen LogP contribution in [-0.4, -0.2) is 31.0 Å². The molecule has 2 heterocycles. The van der Waals surface area contributed by atoms with E-state index in [0.29, 0.717) is 12.8 Å². The van der Waals surface area contributed by atoms with Crippen LogP contribution in [-0.2, 0) is 19.4 Å². The molecule has 5 heteroatoms. The second-order valence-electron chi connectivity index (χ2n) is 3.88. The molecule has 1 N–H and O–H groups in total. The minimum atomic E-state index is -0.473. The van der Waals surface area contributed by atoms with Gasteiger partial charge in [0.25, 0.3) is 0 Å². The van der Waals surface area contributed by atoms with Gasteiger partial charge in [0.1, 0.15) is 12.2 Å². The fourth-order valence-corrected chi connectivity index (χ4v) is 1.75. The SMILES string of the molecule is CCn1ncnc1CC(O)Cc1ccccn1. The Morgan fingerprint density at radius 2 is 2.18 bits per heavy atom. The number of aliphatic hydroxyl groups excluding tert-OH is 1. The third kappa shape index (κ3) is 3.10. The summed E-state index contributed by atoms with van der Waals surface area (Å²) in [7, 11) is 0. The number of pyridine rings is 1. The summed E-state index contributed by atoms with van der Waals surface area (Å²) < 4.78 is 1.79. The van der Waals surface area contributed by atoms with E-state index < -0.39 is 6.10 Å². The van der Waals surface area contributed by atoms with Crippen molar-refractivity contribution >= 4 is 0 Å². The Labute approximate surface area is 100 Å². The summed E-state index contributed by atoms with van der Waals surface area (Å²) in [5.41, 5.74) is 0.891. The molecule has 0 amide bonds. The molecular formula is C12H16N4O. The van der Waals surface area contributed by atoms with Crippen LogP contribution < -0.4 is 0 Å². The minimum absolute atomic E-state index is 0.473. The number of aliphatic hydroxyl groups is 1. The van der Waals surface area contributed by atoms with Crippen LogP contribution in [0.3, 0.4) is 0 Å². The molecule has 0 aliphatic rings.